The first-order valence-electron chi connectivity index (χ1n) is 7.51. The Labute approximate surface area is 133 Å². The Bertz CT molecular complexity index is 654. The van der Waals surface area contributed by atoms with Gasteiger partial charge in [0, 0.05) is 16.1 Å². The molecule has 0 aliphatic heterocycles. The fourth-order valence-corrected chi connectivity index (χ4v) is 3.50. The molecule has 3 heteroatoms. The van der Waals surface area contributed by atoms with Crippen molar-refractivity contribution in [1.29, 1.82) is 0 Å². The molecular formula is C18H19BrFN. The van der Waals surface area contributed by atoms with Crippen molar-refractivity contribution in [2.45, 2.75) is 32.2 Å². The Morgan fingerprint density at radius 1 is 1.24 bits per heavy atom. The second-order valence-electron chi connectivity index (χ2n) is 5.54. The molecule has 2 aromatic carbocycles. The first-order valence-corrected chi connectivity index (χ1v) is 8.30. The first kappa shape index (κ1) is 14.7. The molecule has 0 fully saturated rings. The lowest BCUT2D eigenvalue weighted by molar-refractivity contribution is 0.529. The molecule has 0 saturated carbocycles. The van der Waals surface area contributed by atoms with Crippen LogP contribution >= 0.6 is 15.9 Å². The molecule has 1 aliphatic rings. The van der Waals surface area contributed by atoms with Crippen molar-refractivity contribution in [3.63, 3.8) is 0 Å². The number of fused-ring (bicyclic) bond motifs is 1. The zero-order valence-electron chi connectivity index (χ0n) is 12.1. The highest BCUT2D eigenvalue weighted by atomic mass is 79.9. The van der Waals surface area contributed by atoms with Crippen molar-refractivity contribution in [1.82, 2.24) is 5.32 Å². The monoisotopic (exact) mass is 347 g/mol. The third kappa shape index (κ3) is 2.90. The van der Waals surface area contributed by atoms with Gasteiger partial charge in [0.1, 0.15) is 5.82 Å². The highest BCUT2D eigenvalue weighted by Crippen LogP contribution is 2.39. The van der Waals surface area contributed by atoms with Crippen LogP contribution in [0.4, 0.5) is 4.39 Å². The van der Waals surface area contributed by atoms with E-state index in [9.17, 15) is 4.39 Å². The Morgan fingerprint density at radius 3 is 2.90 bits per heavy atom. The number of rotatable bonds is 4. The van der Waals surface area contributed by atoms with Crippen LogP contribution in [0.1, 0.15) is 36.9 Å². The molecule has 0 heterocycles. The smallest absolute Gasteiger partial charge is 0.131 e. The summed E-state index contributed by atoms with van der Waals surface area (Å²) in [5.41, 5.74) is 4.35. The van der Waals surface area contributed by atoms with E-state index in [-0.39, 0.29) is 5.82 Å². The van der Waals surface area contributed by atoms with Gasteiger partial charge < -0.3 is 5.32 Å². The molecule has 0 amide bonds. The fraction of sp³-hybridized carbons (Fsp3) is 0.333. The van der Waals surface area contributed by atoms with Gasteiger partial charge in [0.15, 0.2) is 0 Å². The summed E-state index contributed by atoms with van der Waals surface area (Å²) in [5, 5.41) is 3.59. The zero-order chi connectivity index (χ0) is 14.8. The van der Waals surface area contributed by atoms with Crippen LogP contribution in [0.3, 0.4) is 0 Å². The minimum absolute atomic E-state index is 0.156. The Balaban J connectivity index is 2.02. The maximum Gasteiger partial charge on any atom is 0.131 e. The van der Waals surface area contributed by atoms with Crippen LogP contribution in [0.25, 0.3) is 11.1 Å². The van der Waals surface area contributed by atoms with Crippen molar-refractivity contribution in [2.24, 2.45) is 0 Å². The van der Waals surface area contributed by atoms with E-state index in [1.165, 1.54) is 17.2 Å². The van der Waals surface area contributed by atoms with Crippen molar-refractivity contribution in [2.75, 3.05) is 6.54 Å². The largest absolute Gasteiger partial charge is 0.310 e. The minimum atomic E-state index is -0.156. The minimum Gasteiger partial charge on any atom is -0.310 e. The summed E-state index contributed by atoms with van der Waals surface area (Å²) in [7, 11) is 0. The van der Waals surface area contributed by atoms with E-state index in [0.717, 1.165) is 35.8 Å². The van der Waals surface area contributed by atoms with Gasteiger partial charge in [-0.2, -0.15) is 0 Å². The molecular weight excluding hydrogens is 329 g/mol. The molecule has 0 radical (unpaired) electrons. The van der Waals surface area contributed by atoms with E-state index >= 15 is 0 Å². The van der Waals surface area contributed by atoms with Crippen LogP contribution < -0.4 is 5.32 Å². The predicted molar refractivity (Wildman–Crippen MR) is 88.9 cm³/mol. The Hall–Kier alpha value is -1.19. The molecule has 1 aliphatic carbocycles. The third-order valence-electron chi connectivity index (χ3n) is 4.13. The van der Waals surface area contributed by atoms with E-state index in [1.807, 2.05) is 18.2 Å². The van der Waals surface area contributed by atoms with Crippen LogP contribution in [0.2, 0.25) is 0 Å². The molecule has 0 saturated heterocycles. The van der Waals surface area contributed by atoms with Crippen molar-refractivity contribution in [3.8, 4) is 11.1 Å². The lowest BCUT2D eigenvalue weighted by Gasteiger charge is -2.15. The average Bonchev–Trinajstić information content (AvgIpc) is 2.91. The summed E-state index contributed by atoms with van der Waals surface area (Å²) < 4.78 is 15.1. The van der Waals surface area contributed by atoms with Crippen molar-refractivity contribution >= 4 is 15.9 Å². The van der Waals surface area contributed by atoms with Gasteiger partial charge in [-0.05, 0) is 60.7 Å². The maximum absolute atomic E-state index is 14.2. The quantitative estimate of drug-likeness (QED) is 0.797. The zero-order valence-corrected chi connectivity index (χ0v) is 13.7. The summed E-state index contributed by atoms with van der Waals surface area (Å²) in [5.74, 6) is -0.156. The summed E-state index contributed by atoms with van der Waals surface area (Å²) >= 11 is 3.44. The highest BCUT2D eigenvalue weighted by Gasteiger charge is 2.25. The predicted octanol–water partition coefficient (Wildman–Crippen LogP) is 5.24. The second-order valence-corrected chi connectivity index (χ2v) is 6.46. The van der Waals surface area contributed by atoms with Crippen LogP contribution in [0.5, 0.6) is 0 Å². The summed E-state index contributed by atoms with van der Waals surface area (Å²) in [6.45, 7) is 3.20. The topological polar surface area (TPSA) is 12.0 Å². The average molecular weight is 348 g/mol. The van der Waals surface area contributed by atoms with E-state index in [4.69, 9.17) is 0 Å². The molecule has 1 atom stereocenters. The van der Waals surface area contributed by atoms with E-state index < -0.39 is 0 Å². The SMILES string of the molecule is CCCNC1CCc2c(-c3cc(Br)ccc3F)cccc21. The molecule has 1 unspecified atom stereocenters. The van der Waals surface area contributed by atoms with Gasteiger partial charge in [0.05, 0.1) is 0 Å². The highest BCUT2D eigenvalue weighted by molar-refractivity contribution is 9.10. The molecule has 0 bridgehead atoms. The van der Waals surface area contributed by atoms with Gasteiger partial charge in [-0.15, -0.1) is 0 Å². The number of hydrogen-bond donors (Lipinski definition) is 1. The second kappa shape index (κ2) is 6.29. The fourth-order valence-electron chi connectivity index (χ4n) is 3.14. The molecule has 0 aromatic heterocycles. The molecule has 1 nitrogen and oxygen atoms in total. The molecule has 3 rings (SSSR count). The van der Waals surface area contributed by atoms with E-state index in [0.29, 0.717) is 11.6 Å². The van der Waals surface area contributed by atoms with E-state index in [1.54, 1.807) is 6.07 Å². The molecule has 2 aromatic rings. The lowest BCUT2D eigenvalue weighted by atomic mass is 9.96. The van der Waals surface area contributed by atoms with Crippen LogP contribution in [0, 0.1) is 5.82 Å². The molecule has 1 N–H and O–H groups in total. The van der Waals surface area contributed by atoms with E-state index in [2.05, 4.69) is 34.2 Å². The number of halogens is 2. The first-order chi connectivity index (χ1) is 10.2. The Kier molecular flexibility index (Phi) is 4.41. The maximum atomic E-state index is 14.2. The number of hydrogen-bond acceptors (Lipinski definition) is 1. The van der Waals surface area contributed by atoms with Gasteiger partial charge in [-0.25, -0.2) is 4.39 Å². The van der Waals surface area contributed by atoms with Crippen molar-refractivity contribution in [3.05, 3.63) is 57.8 Å². The number of benzene rings is 2. The standard InChI is InChI=1S/C18H19BrFN/c1-2-10-21-18-9-7-14-13(4-3-5-15(14)18)16-11-12(19)6-8-17(16)20/h3-6,8,11,18,21H,2,7,9-10H2,1H3. The lowest BCUT2D eigenvalue weighted by Crippen LogP contribution is -2.19. The summed E-state index contributed by atoms with van der Waals surface area (Å²) in [6, 6.07) is 11.8. The number of nitrogens with one attached hydrogen (secondary N) is 1. The summed E-state index contributed by atoms with van der Waals surface area (Å²) in [4.78, 5) is 0. The van der Waals surface area contributed by atoms with Gasteiger partial charge in [0.25, 0.3) is 0 Å². The van der Waals surface area contributed by atoms with Gasteiger partial charge in [0.2, 0.25) is 0 Å². The van der Waals surface area contributed by atoms with Gasteiger partial charge in [-0.3, -0.25) is 0 Å². The van der Waals surface area contributed by atoms with Gasteiger partial charge >= 0.3 is 0 Å². The molecule has 110 valence electrons. The molecule has 21 heavy (non-hydrogen) atoms. The van der Waals surface area contributed by atoms with Crippen LogP contribution in [0.15, 0.2) is 40.9 Å². The van der Waals surface area contributed by atoms with Gasteiger partial charge in [-0.1, -0.05) is 41.1 Å². The summed E-state index contributed by atoms with van der Waals surface area (Å²) in [6.07, 6.45) is 3.24. The van der Waals surface area contributed by atoms with Crippen molar-refractivity contribution < 1.29 is 4.39 Å². The third-order valence-corrected chi connectivity index (χ3v) is 4.62. The normalized spacial score (nSPS) is 17.0. The molecule has 0 spiro atoms. The Morgan fingerprint density at radius 2 is 2.10 bits per heavy atom. The van der Waals surface area contributed by atoms with Crippen LogP contribution in [-0.2, 0) is 6.42 Å². The van der Waals surface area contributed by atoms with Crippen LogP contribution in [-0.4, -0.2) is 6.54 Å².